The van der Waals surface area contributed by atoms with E-state index < -0.39 is 21.9 Å². The number of nitro groups is 1. The quantitative estimate of drug-likeness (QED) is 0.290. The monoisotopic (exact) mass is 457 g/mol. The molecular formula is C21H13ClFN3O4S. The summed E-state index contributed by atoms with van der Waals surface area (Å²) in [6.07, 6.45) is 3.25. The lowest BCUT2D eigenvalue weighted by Gasteiger charge is -2.13. The average molecular weight is 458 g/mol. The Morgan fingerprint density at radius 3 is 2.68 bits per heavy atom. The Hall–Kier alpha value is -3.43. The van der Waals surface area contributed by atoms with E-state index in [4.69, 9.17) is 11.6 Å². The summed E-state index contributed by atoms with van der Waals surface area (Å²) in [7, 11) is 0. The number of hydrogen-bond donors (Lipinski definition) is 0. The fourth-order valence-electron chi connectivity index (χ4n) is 3.09. The van der Waals surface area contributed by atoms with Gasteiger partial charge in [0.2, 0.25) is 0 Å². The zero-order chi connectivity index (χ0) is 22.1. The molecule has 1 aliphatic rings. The van der Waals surface area contributed by atoms with E-state index in [2.05, 4.69) is 0 Å². The lowest BCUT2D eigenvalue weighted by atomic mass is 10.2. The third-order valence-corrected chi connectivity index (χ3v) is 5.85. The van der Waals surface area contributed by atoms with Crippen LogP contribution in [0.1, 0.15) is 11.3 Å². The van der Waals surface area contributed by atoms with Gasteiger partial charge in [-0.15, -0.1) is 0 Å². The van der Waals surface area contributed by atoms with Crippen molar-refractivity contribution >= 4 is 46.3 Å². The third kappa shape index (κ3) is 4.23. The fourth-order valence-corrected chi connectivity index (χ4v) is 4.14. The van der Waals surface area contributed by atoms with Crippen LogP contribution in [0.3, 0.4) is 0 Å². The molecule has 0 atom stereocenters. The van der Waals surface area contributed by atoms with Gasteiger partial charge in [-0.25, -0.2) is 4.39 Å². The first kappa shape index (κ1) is 20.8. The van der Waals surface area contributed by atoms with Crippen LogP contribution in [0.2, 0.25) is 5.02 Å². The maximum absolute atomic E-state index is 13.3. The number of nitro benzene ring substituents is 1. The zero-order valence-corrected chi connectivity index (χ0v) is 17.3. The van der Waals surface area contributed by atoms with E-state index in [-0.39, 0.29) is 22.2 Å². The van der Waals surface area contributed by atoms with E-state index in [1.54, 1.807) is 41.1 Å². The van der Waals surface area contributed by atoms with Crippen LogP contribution in [0.15, 0.2) is 65.7 Å². The van der Waals surface area contributed by atoms with Crippen LogP contribution < -0.4 is 0 Å². The Bertz CT molecular complexity index is 1260. The van der Waals surface area contributed by atoms with Crippen molar-refractivity contribution in [2.24, 2.45) is 0 Å². The van der Waals surface area contributed by atoms with Crippen molar-refractivity contribution in [1.82, 2.24) is 9.47 Å². The number of benzene rings is 2. The van der Waals surface area contributed by atoms with Crippen LogP contribution in [-0.2, 0) is 11.3 Å². The van der Waals surface area contributed by atoms with E-state index in [1.165, 1.54) is 24.3 Å². The molecular weight excluding hydrogens is 445 g/mol. The molecule has 0 radical (unpaired) electrons. The van der Waals surface area contributed by atoms with Crippen molar-refractivity contribution in [3.8, 4) is 5.69 Å². The summed E-state index contributed by atoms with van der Waals surface area (Å²) in [5.74, 6) is -1.01. The maximum atomic E-state index is 13.3. The number of aromatic nitrogens is 1. The van der Waals surface area contributed by atoms with Gasteiger partial charge < -0.3 is 4.57 Å². The summed E-state index contributed by atoms with van der Waals surface area (Å²) in [6.45, 7) is -0.0764. The van der Waals surface area contributed by atoms with Crippen molar-refractivity contribution in [2.75, 3.05) is 0 Å². The zero-order valence-electron chi connectivity index (χ0n) is 15.7. The SMILES string of the molecule is O=C1S/C(=C\c2cccn2-c2cccc([N+](=O)[O-])c2)C(=O)N1Cc1ccc(F)cc1Cl. The van der Waals surface area contributed by atoms with Gasteiger partial charge in [0.25, 0.3) is 16.8 Å². The number of non-ortho nitro benzene ring substituents is 1. The van der Waals surface area contributed by atoms with Crippen molar-refractivity contribution < 1.29 is 18.9 Å². The second-order valence-corrected chi connectivity index (χ2v) is 7.98. The van der Waals surface area contributed by atoms with Gasteiger partial charge in [0, 0.05) is 29.0 Å². The Morgan fingerprint density at radius 1 is 1.13 bits per heavy atom. The standard InChI is InChI=1S/C21H13ClFN3O4S/c22-18-9-14(23)7-6-13(18)12-25-20(27)19(31-21(25)28)11-16-5-2-8-24(16)15-3-1-4-17(10-15)26(29)30/h1-11H,12H2/b19-11-. The first-order valence-electron chi connectivity index (χ1n) is 8.95. The van der Waals surface area contributed by atoms with Crippen LogP contribution in [0.4, 0.5) is 14.9 Å². The second kappa shape index (κ2) is 8.37. The van der Waals surface area contributed by atoms with Gasteiger partial charge >= 0.3 is 0 Å². The van der Waals surface area contributed by atoms with Crippen LogP contribution >= 0.6 is 23.4 Å². The van der Waals surface area contributed by atoms with Gasteiger partial charge in [0.05, 0.1) is 22.1 Å². The molecule has 3 aromatic rings. The molecule has 4 rings (SSSR count). The van der Waals surface area contributed by atoms with E-state index >= 15 is 0 Å². The largest absolute Gasteiger partial charge is 0.317 e. The van der Waals surface area contributed by atoms with Crippen LogP contribution in [0.5, 0.6) is 0 Å². The summed E-state index contributed by atoms with van der Waals surface area (Å²) >= 11 is 6.80. The maximum Gasteiger partial charge on any atom is 0.293 e. The van der Waals surface area contributed by atoms with Crippen molar-refractivity contribution in [1.29, 1.82) is 0 Å². The van der Waals surface area contributed by atoms with Gasteiger partial charge in [-0.05, 0) is 53.7 Å². The number of carbonyl (C=O) groups is 2. The molecule has 0 spiro atoms. The van der Waals surface area contributed by atoms with Crippen molar-refractivity contribution in [3.05, 3.63) is 97.9 Å². The number of thioether (sulfide) groups is 1. The minimum absolute atomic E-state index is 0.0614. The molecule has 1 saturated heterocycles. The molecule has 31 heavy (non-hydrogen) atoms. The first-order chi connectivity index (χ1) is 14.8. The molecule has 0 unspecified atom stereocenters. The van der Waals surface area contributed by atoms with Crippen LogP contribution in [0, 0.1) is 15.9 Å². The van der Waals surface area contributed by atoms with Gasteiger partial charge in [0.1, 0.15) is 5.82 Å². The third-order valence-electron chi connectivity index (χ3n) is 4.60. The predicted octanol–water partition coefficient (Wildman–Crippen LogP) is 5.41. The number of rotatable bonds is 5. The molecule has 156 valence electrons. The molecule has 7 nitrogen and oxygen atoms in total. The Kier molecular flexibility index (Phi) is 5.62. The van der Waals surface area contributed by atoms with E-state index in [1.807, 2.05) is 0 Å². The summed E-state index contributed by atoms with van der Waals surface area (Å²) in [6, 6.07) is 13.3. The lowest BCUT2D eigenvalue weighted by Crippen LogP contribution is -2.27. The Balaban J connectivity index is 1.62. The van der Waals surface area contributed by atoms with Gasteiger partial charge in [-0.3, -0.25) is 24.6 Å². The normalized spacial score (nSPS) is 15.2. The highest BCUT2D eigenvalue weighted by molar-refractivity contribution is 8.18. The van der Waals surface area contributed by atoms with Gasteiger partial charge in [0.15, 0.2) is 0 Å². The Morgan fingerprint density at radius 2 is 1.94 bits per heavy atom. The molecule has 2 aromatic carbocycles. The highest BCUT2D eigenvalue weighted by Gasteiger charge is 2.35. The number of nitrogens with zero attached hydrogens (tertiary/aromatic N) is 3. The lowest BCUT2D eigenvalue weighted by molar-refractivity contribution is -0.384. The van der Waals surface area contributed by atoms with Gasteiger partial charge in [-0.2, -0.15) is 0 Å². The highest BCUT2D eigenvalue weighted by Crippen LogP contribution is 2.34. The van der Waals surface area contributed by atoms with Crippen molar-refractivity contribution in [2.45, 2.75) is 6.54 Å². The molecule has 1 aliphatic heterocycles. The topological polar surface area (TPSA) is 85.5 Å². The van der Waals surface area contributed by atoms with E-state index in [0.29, 0.717) is 16.9 Å². The molecule has 1 fully saturated rings. The number of imide groups is 1. The van der Waals surface area contributed by atoms with Gasteiger partial charge in [-0.1, -0.05) is 23.7 Å². The second-order valence-electron chi connectivity index (χ2n) is 6.58. The predicted molar refractivity (Wildman–Crippen MR) is 115 cm³/mol. The number of hydrogen-bond acceptors (Lipinski definition) is 5. The van der Waals surface area contributed by atoms with E-state index in [9.17, 15) is 24.1 Å². The summed E-state index contributed by atoms with van der Waals surface area (Å²) < 4.78 is 14.9. The minimum Gasteiger partial charge on any atom is -0.317 e. The summed E-state index contributed by atoms with van der Waals surface area (Å²) in [5, 5.41) is 10.7. The van der Waals surface area contributed by atoms with Crippen molar-refractivity contribution in [3.63, 3.8) is 0 Å². The highest BCUT2D eigenvalue weighted by atomic mass is 35.5. The van der Waals surface area contributed by atoms with E-state index in [0.717, 1.165) is 22.7 Å². The number of halogens is 2. The minimum atomic E-state index is -0.510. The van der Waals surface area contributed by atoms with Crippen LogP contribution in [0.25, 0.3) is 11.8 Å². The molecule has 1 aromatic heterocycles. The molecule has 0 aliphatic carbocycles. The smallest absolute Gasteiger partial charge is 0.293 e. The first-order valence-corrected chi connectivity index (χ1v) is 10.1. The fraction of sp³-hybridized carbons (Fsp3) is 0.0476. The molecule has 2 amide bonds. The average Bonchev–Trinajstić information content (AvgIpc) is 3.30. The molecule has 2 heterocycles. The summed E-state index contributed by atoms with van der Waals surface area (Å²) in [5.41, 5.74) is 1.51. The molecule has 0 saturated carbocycles. The number of carbonyl (C=O) groups excluding carboxylic acids is 2. The summed E-state index contributed by atoms with van der Waals surface area (Å²) in [4.78, 5) is 37.0. The Labute approximate surface area is 184 Å². The molecule has 10 heteroatoms. The van der Waals surface area contributed by atoms with Crippen LogP contribution in [-0.4, -0.2) is 25.5 Å². The molecule has 0 bridgehead atoms. The number of amides is 2. The molecule has 0 N–H and O–H groups in total.